The zero-order valence-electron chi connectivity index (χ0n) is 17.1. The number of benzene rings is 1. The van der Waals surface area contributed by atoms with Crippen LogP contribution in [-0.4, -0.2) is 64.9 Å². The molecule has 1 aromatic rings. The van der Waals surface area contributed by atoms with Crippen molar-refractivity contribution in [3.8, 4) is 17.2 Å². The third-order valence-electron chi connectivity index (χ3n) is 4.66. The highest BCUT2D eigenvalue weighted by molar-refractivity contribution is 5.79. The number of methoxy groups -OCH3 is 2. The molecular weight excluding hydrogens is 344 g/mol. The molecule has 0 aromatic heterocycles. The first kappa shape index (κ1) is 21.2. The molecule has 7 heteroatoms. The Hall–Kier alpha value is -2.15. The quantitative estimate of drug-likeness (QED) is 0.508. The fourth-order valence-electron chi connectivity index (χ4n) is 3.24. The maximum atomic E-state index is 5.65. The molecule has 0 radical (unpaired) electrons. The summed E-state index contributed by atoms with van der Waals surface area (Å²) in [5.74, 6) is 2.76. The lowest BCUT2D eigenvalue weighted by Crippen LogP contribution is -2.42. The second-order valence-electron chi connectivity index (χ2n) is 6.52. The van der Waals surface area contributed by atoms with Gasteiger partial charge in [0.15, 0.2) is 17.5 Å². The van der Waals surface area contributed by atoms with Gasteiger partial charge in [-0.05, 0) is 50.6 Å². The number of ether oxygens (including phenoxy) is 3. The topological polar surface area (TPSA) is 67.4 Å². The molecule has 1 aromatic carbocycles. The van der Waals surface area contributed by atoms with Gasteiger partial charge in [-0.15, -0.1) is 0 Å². The summed E-state index contributed by atoms with van der Waals surface area (Å²) < 4.78 is 16.6. The van der Waals surface area contributed by atoms with Crippen LogP contribution >= 0.6 is 0 Å². The molecule has 1 heterocycles. The lowest BCUT2D eigenvalue weighted by molar-refractivity contribution is 0.232. The molecule has 0 atom stereocenters. The zero-order valence-corrected chi connectivity index (χ0v) is 17.1. The van der Waals surface area contributed by atoms with Gasteiger partial charge in [0.05, 0.1) is 20.8 Å². The van der Waals surface area contributed by atoms with Crippen LogP contribution in [0.5, 0.6) is 17.2 Å². The van der Waals surface area contributed by atoms with Gasteiger partial charge < -0.3 is 29.7 Å². The molecular formula is C20H34N4O3. The lowest BCUT2D eigenvalue weighted by atomic mass is 10.1. The molecule has 2 N–H and O–H groups in total. The zero-order chi connectivity index (χ0) is 19.5. The minimum absolute atomic E-state index is 0.553. The average Bonchev–Trinajstić information content (AvgIpc) is 2.71. The van der Waals surface area contributed by atoms with Crippen LogP contribution in [0, 0.1) is 0 Å². The molecule has 7 nitrogen and oxygen atoms in total. The number of guanidine groups is 1. The SMILES string of the molecule is CCOc1c(OC)cc(CNC(=NC)NCCN2CCCCC2)cc1OC. The van der Waals surface area contributed by atoms with Crippen molar-refractivity contribution in [1.82, 2.24) is 15.5 Å². The van der Waals surface area contributed by atoms with Crippen LogP contribution in [0.25, 0.3) is 0 Å². The Morgan fingerprint density at radius 1 is 1.07 bits per heavy atom. The second-order valence-corrected chi connectivity index (χ2v) is 6.52. The molecule has 0 bridgehead atoms. The van der Waals surface area contributed by atoms with E-state index >= 15 is 0 Å². The van der Waals surface area contributed by atoms with E-state index in [1.54, 1.807) is 21.3 Å². The Labute approximate surface area is 163 Å². The van der Waals surface area contributed by atoms with E-state index in [1.165, 1.54) is 32.4 Å². The number of likely N-dealkylation sites (tertiary alicyclic amines) is 1. The first-order valence-corrected chi connectivity index (χ1v) is 9.76. The van der Waals surface area contributed by atoms with Crippen molar-refractivity contribution in [1.29, 1.82) is 0 Å². The monoisotopic (exact) mass is 378 g/mol. The molecule has 0 amide bonds. The lowest BCUT2D eigenvalue weighted by Gasteiger charge is -2.26. The van der Waals surface area contributed by atoms with Crippen molar-refractivity contribution in [2.75, 3.05) is 54.1 Å². The van der Waals surface area contributed by atoms with Crippen molar-refractivity contribution in [2.45, 2.75) is 32.7 Å². The van der Waals surface area contributed by atoms with E-state index in [2.05, 4.69) is 20.5 Å². The van der Waals surface area contributed by atoms with E-state index in [1.807, 2.05) is 19.1 Å². The van der Waals surface area contributed by atoms with Gasteiger partial charge in [-0.1, -0.05) is 6.42 Å². The first-order chi connectivity index (χ1) is 13.2. The number of piperidine rings is 1. The van der Waals surface area contributed by atoms with Crippen molar-refractivity contribution < 1.29 is 14.2 Å². The van der Waals surface area contributed by atoms with Gasteiger partial charge in [-0.25, -0.2) is 0 Å². The maximum Gasteiger partial charge on any atom is 0.203 e. The molecule has 0 saturated carbocycles. The minimum Gasteiger partial charge on any atom is -0.493 e. The van der Waals surface area contributed by atoms with E-state index in [4.69, 9.17) is 14.2 Å². The summed E-state index contributed by atoms with van der Waals surface area (Å²) >= 11 is 0. The normalized spacial score (nSPS) is 15.3. The van der Waals surface area contributed by atoms with E-state index in [-0.39, 0.29) is 0 Å². The molecule has 152 valence electrons. The number of aliphatic imine (C=N–C) groups is 1. The number of rotatable bonds is 9. The van der Waals surface area contributed by atoms with E-state index in [9.17, 15) is 0 Å². The highest BCUT2D eigenvalue weighted by Gasteiger charge is 2.14. The fourth-order valence-corrected chi connectivity index (χ4v) is 3.24. The van der Waals surface area contributed by atoms with Crippen molar-refractivity contribution in [2.24, 2.45) is 4.99 Å². The predicted octanol–water partition coefficient (Wildman–Crippen LogP) is 2.25. The van der Waals surface area contributed by atoms with Gasteiger partial charge in [0.25, 0.3) is 0 Å². The molecule has 27 heavy (non-hydrogen) atoms. The summed E-state index contributed by atoms with van der Waals surface area (Å²) in [5, 5.41) is 6.73. The molecule has 1 aliphatic rings. The largest absolute Gasteiger partial charge is 0.493 e. The van der Waals surface area contributed by atoms with E-state index in [0.717, 1.165) is 24.6 Å². The van der Waals surface area contributed by atoms with Crippen LogP contribution in [0.15, 0.2) is 17.1 Å². The smallest absolute Gasteiger partial charge is 0.203 e. The summed E-state index contributed by atoms with van der Waals surface area (Å²) in [4.78, 5) is 6.81. The van der Waals surface area contributed by atoms with Crippen LogP contribution in [-0.2, 0) is 6.54 Å². The molecule has 1 aliphatic heterocycles. The van der Waals surface area contributed by atoms with Gasteiger partial charge >= 0.3 is 0 Å². The van der Waals surface area contributed by atoms with E-state index < -0.39 is 0 Å². The van der Waals surface area contributed by atoms with Gasteiger partial charge in [-0.3, -0.25) is 4.99 Å². The van der Waals surface area contributed by atoms with Crippen molar-refractivity contribution in [3.05, 3.63) is 17.7 Å². The highest BCUT2D eigenvalue weighted by atomic mass is 16.5. The Morgan fingerprint density at radius 2 is 1.74 bits per heavy atom. The minimum atomic E-state index is 0.553. The Kier molecular flexibility index (Phi) is 9.04. The van der Waals surface area contributed by atoms with Gasteiger partial charge in [0, 0.05) is 26.7 Å². The first-order valence-electron chi connectivity index (χ1n) is 9.76. The summed E-state index contributed by atoms with van der Waals surface area (Å²) in [6, 6.07) is 3.92. The van der Waals surface area contributed by atoms with Crippen LogP contribution < -0.4 is 24.8 Å². The third-order valence-corrected chi connectivity index (χ3v) is 4.66. The summed E-state index contributed by atoms with van der Waals surface area (Å²) in [6.07, 6.45) is 3.99. The average molecular weight is 379 g/mol. The third kappa shape index (κ3) is 6.50. The number of hydrogen-bond acceptors (Lipinski definition) is 5. The van der Waals surface area contributed by atoms with Gasteiger partial charge in [0.2, 0.25) is 5.75 Å². The molecule has 2 rings (SSSR count). The number of nitrogens with one attached hydrogen (secondary N) is 2. The van der Waals surface area contributed by atoms with Crippen molar-refractivity contribution >= 4 is 5.96 Å². The van der Waals surface area contributed by atoms with Crippen LogP contribution in [0.4, 0.5) is 0 Å². The summed E-state index contributed by atoms with van der Waals surface area (Å²) in [6.45, 7) is 7.45. The highest BCUT2D eigenvalue weighted by Crippen LogP contribution is 2.38. The van der Waals surface area contributed by atoms with Crippen LogP contribution in [0.1, 0.15) is 31.7 Å². The molecule has 0 spiro atoms. The fraction of sp³-hybridized carbons (Fsp3) is 0.650. The molecule has 0 unspecified atom stereocenters. The van der Waals surface area contributed by atoms with E-state index in [0.29, 0.717) is 30.4 Å². The Morgan fingerprint density at radius 3 is 2.30 bits per heavy atom. The Bertz CT molecular complexity index is 576. The maximum absolute atomic E-state index is 5.65. The summed E-state index contributed by atoms with van der Waals surface area (Å²) in [5.41, 5.74) is 1.03. The standard InChI is InChI=1S/C20H34N4O3/c1-5-27-19-17(25-3)13-16(14-18(19)26-4)15-23-20(21-2)22-9-12-24-10-7-6-8-11-24/h13-14H,5-12,15H2,1-4H3,(H2,21,22,23). The summed E-state index contributed by atoms with van der Waals surface area (Å²) in [7, 11) is 5.06. The number of nitrogens with zero attached hydrogens (tertiary/aromatic N) is 2. The molecule has 1 fully saturated rings. The number of hydrogen-bond donors (Lipinski definition) is 2. The van der Waals surface area contributed by atoms with Crippen molar-refractivity contribution in [3.63, 3.8) is 0 Å². The van der Waals surface area contributed by atoms with Gasteiger partial charge in [0.1, 0.15) is 0 Å². The Balaban J connectivity index is 1.89. The molecule has 1 saturated heterocycles. The van der Waals surface area contributed by atoms with Gasteiger partial charge in [-0.2, -0.15) is 0 Å². The second kappa shape index (κ2) is 11.5. The van der Waals surface area contributed by atoms with Crippen LogP contribution in [0.3, 0.4) is 0 Å². The van der Waals surface area contributed by atoms with Crippen LogP contribution in [0.2, 0.25) is 0 Å². The predicted molar refractivity (Wildman–Crippen MR) is 109 cm³/mol. The molecule has 0 aliphatic carbocycles.